The van der Waals surface area contributed by atoms with Crippen LogP contribution in [0.5, 0.6) is 0 Å². The first kappa shape index (κ1) is 17.3. The molecular formula is C18H25NO4. The summed E-state index contributed by atoms with van der Waals surface area (Å²) in [7, 11) is 0. The number of carboxylic acid groups (broad SMARTS) is 1. The SMILES string of the molecule is Cc1cccc2c1C(C)(C)CN(C(=O)OC(C)(C)C)C2C(=O)O. The van der Waals surface area contributed by atoms with Crippen LogP contribution in [0.15, 0.2) is 18.2 Å². The molecule has 1 N–H and O–H groups in total. The van der Waals surface area contributed by atoms with E-state index in [0.717, 1.165) is 11.1 Å². The molecule has 1 aromatic rings. The number of fused-ring (bicyclic) bond motifs is 1. The minimum Gasteiger partial charge on any atom is -0.479 e. The quantitative estimate of drug-likeness (QED) is 0.858. The van der Waals surface area contributed by atoms with Gasteiger partial charge in [0.05, 0.1) is 0 Å². The highest BCUT2D eigenvalue weighted by Gasteiger charge is 2.45. The van der Waals surface area contributed by atoms with Crippen LogP contribution in [0.3, 0.4) is 0 Å². The Morgan fingerprint density at radius 1 is 1.30 bits per heavy atom. The first-order valence-electron chi connectivity index (χ1n) is 7.76. The normalized spacial score (nSPS) is 19.9. The Hall–Kier alpha value is -2.04. The van der Waals surface area contributed by atoms with Crippen molar-refractivity contribution in [3.63, 3.8) is 0 Å². The van der Waals surface area contributed by atoms with E-state index >= 15 is 0 Å². The molecule has 1 heterocycles. The van der Waals surface area contributed by atoms with Crippen molar-refractivity contribution in [2.75, 3.05) is 6.54 Å². The Morgan fingerprint density at radius 2 is 1.91 bits per heavy atom. The first-order valence-corrected chi connectivity index (χ1v) is 7.76. The fourth-order valence-electron chi connectivity index (χ4n) is 3.36. The van der Waals surface area contributed by atoms with Crippen LogP contribution >= 0.6 is 0 Å². The summed E-state index contributed by atoms with van der Waals surface area (Å²) in [6, 6.07) is 4.58. The fraction of sp³-hybridized carbons (Fsp3) is 0.556. The van der Waals surface area contributed by atoms with Gasteiger partial charge in [-0.3, -0.25) is 4.90 Å². The average molecular weight is 319 g/mol. The van der Waals surface area contributed by atoms with Crippen LogP contribution in [-0.4, -0.2) is 34.2 Å². The lowest BCUT2D eigenvalue weighted by atomic mass is 9.73. The van der Waals surface area contributed by atoms with Crippen molar-refractivity contribution >= 4 is 12.1 Å². The molecule has 0 bridgehead atoms. The van der Waals surface area contributed by atoms with E-state index in [1.807, 2.05) is 32.9 Å². The summed E-state index contributed by atoms with van der Waals surface area (Å²) < 4.78 is 5.42. The van der Waals surface area contributed by atoms with Crippen molar-refractivity contribution in [1.82, 2.24) is 4.90 Å². The maximum atomic E-state index is 12.6. The minimum atomic E-state index is -1.04. The number of rotatable bonds is 1. The Balaban J connectivity index is 2.54. The average Bonchev–Trinajstić information content (AvgIpc) is 2.34. The molecule has 1 aliphatic heterocycles. The van der Waals surface area contributed by atoms with Crippen LogP contribution in [0, 0.1) is 6.92 Å². The number of aliphatic carboxylic acids is 1. The number of nitrogens with zero attached hydrogens (tertiary/aromatic N) is 1. The molecule has 1 amide bonds. The van der Waals surface area contributed by atoms with Gasteiger partial charge in [0, 0.05) is 12.0 Å². The molecule has 5 nitrogen and oxygen atoms in total. The van der Waals surface area contributed by atoms with E-state index in [4.69, 9.17) is 4.74 Å². The highest BCUT2D eigenvalue weighted by atomic mass is 16.6. The lowest BCUT2D eigenvalue weighted by Gasteiger charge is -2.44. The van der Waals surface area contributed by atoms with Crippen LogP contribution in [-0.2, 0) is 14.9 Å². The predicted molar refractivity (Wildman–Crippen MR) is 87.5 cm³/mol. The Bertz CT molecular complexity index is 643. The van der Waals surface area contributed by atoms with E-state index in [1.54, 1.807) is 26.8 Å². The number of carboxylic acids is 1. The number of ether oxygens (including phenoxy) is 1. The molecule has 1 aliphatic rings. The minimum absolute atomic E-state index is 0.302. The maximum Gasteiger partial charge on any atom is 0.411 e. The Morgan fingerprint density at radius 3 is 2.43 bits per heavy atom. The lowest BCUT2D eigenvalue weighted by molar-refractivity contribution is -0.144. The van der Waals surface area contributed by atoms with Gasteiger partial charge in [0.1, 0.15) is 5.60 Å². The van der Waals surface area contributed by atoms with Gasteiger partial charge in [0.2, 0.25) is 0 Å². The molecule has 0 fully saturated rings. The first-order chi connectivity index (χ1) is 10.4. The van der Waals surface area contributed by atoms with Crippen molar-refractivity contribution in [2.45, 2.75) is 58.6 Å². The van der Waals surface area contributed by atoms with Gasteiger partial charge in [0.15, 0.2) is 6.04 Å². The highest BCUT2D eigenvalue weighted by Crippen LogP contribution is 2.41. The molecule has 0 radical (unpaired) electrons. The summed E-state index contributed by atoms with van der Waals surface area (Å²) in [5.41, 5.74) is 1.70. The number of carbonyl (C=O) groups is 2. The highest BCUT2D eigenvalue weighted by molar-refractivity contribution is 5.83. The fourth-order valence-corrected chi connectivity index (χ4v) is 3.36. The third-order valence-electron chi connectivity index (χ3n) is 4.02. The van der Waals surface area contributed by atoms with E-state index in [-0.39, 0.29) is 5.41 Å². The van der Waals surface area contributed by atoms with Crippen molar-refractivity contribution in [2.24, 2.45) is 0 Å². The molecule has 1 aromatic carbocycles. The van der Waals surface area contributed by atoms with Crippen LogP contribution in [0.1, 0.15) is 57.4 Å². The van der Waals surface area contributed by atoms with Gasteiger partial charge >= 0.3 is 12.1 Å². The number of hydrogen-bond acceptors (Lipinski definition) is 3. The number of amides is 1. The molecular weight excluding hydrogens is 294 g/mol. The molecule has 0 saturated carbocycles. The van der Waals surface area contributed by atoms with Gasteiger partial charge in [-0.05, 0) is 44.4 Å². The maximum absolute atomic E-state index is 12.6. The van der Waals surface area contributed by atoms with Gasteiger partial charge in [-0.1, -0.05) is 32.0 Å². The smallest absolute Gasteiger partial charge is 0.411 e. The van der Waals surface area contributed by atoms with E-state index in [2.05, 4.69) is 0 Å². The van der Waals surface area contributed by atoms with Gasteiger partial charge in [-0.2, -0.15) is 0 Å². The second-order valence-corrected chi connectivity index (χ2v) is 7.77. The molecule has 0 aromatic heterocycles. The molecule has 126 valence electrons. The third kappa shape index (κ3) is 3.33. The van der Waals surface area contributed by atoms with E-state index in [0.29, 0.717) is 12.1 Å². The zero-order valence-electron chi connectivity index (χ0n) is 14.6. The molecule has 2 rings (SSSR count). The van der Waals surface area contributed by atoms with Crippen molar-refractivity contribution < 1.29 is 19.4 Å². The second-order valence-electron chi connectivity index (χ2n) is 7.77. The Kier molecular flexibility index (Phi) is 4.18. The zero-order valence-corrected chi connectivity index (χ0v) is 14.6. The van der Waals surface area contributed by atoms with Crippen molar-refractivity contribution in [3.8, 4) is 0 Å². The van der Waals surface area contributed by atoms with Crippen molar-refractivity contribution in [3.05, 3.63) is 34.9 Å². The monoisotopic (exact) mass is 319 g/mol. The molecule has 0 spiro atoms. The van der Waals surface area contributed by atoms with Crippen LogP contribution in [0.4, 0.5) is 4.79 Å². The molecule has 5 heteroatoms. The largest absolute Gasteiger partial charge is 0.479 e. The number of carbonyl (C=O) groups excluding carboxylic acids is 1. The predicted octanol–water partition coefficient (Wildman–Crippen LogP) is 3.65. The third-order valence-corrected chi connectivity index (χ3v) is 4.02. The lowest BCUT2D eigenvalue weighted by Crippen LogP contribution is -2.51. The number of benzene rings is 1. The zero-order chi connectivity index (χ0) is 17.6. The van der Waals surface area contributed by atoms with Crippen LogP contribution in [0.25, 0.3) is 0 Å². The van der Waals surface area contributed by atoms with Gasteiger partial charge in [0.25, 0.3) is 0 Å². The molecule has 1 unspecified atom stereocenters. The van der Waals surface area contributed by atoms with Gasteiger partial charge < -0.3 is 9.84 Å². The standard InChI is InChI=1S/C18H25NO4/c1-11-8-7-9-12-13(11)18(5,6)10-19(14(12)15(20)21)16(22)23-17(2,3)4/h7-9,14H,10H2,1-6H3,(H,20,21). The van der Waals surface area contributed by atoms with Gasteiger partial charge in [-0.25, -0.2) is 9.59 Å². The van der Waals surface area contributed by atoms with E-state index < -0.39 is 23.7 Å². The van der Waals surface area contributed by atoms with Gasteiger partial charge in [-0.15, -0.1) is 0 Å². The van der Waals surface area contributed by atoms with Crippen molar-refractivity contribution in [1.29, 1.82) is 0 Å². The summed E-state index contributed by atoms with van der Waals surface area (Å²) in [5, 5.41) is 9.71. The number of hydrogen-bond donors (Lipinski definition) is 1. The Labute approximate surface area is 137 Å². The van der Waals surface area contributed by atoms with Crippen LogP contribution in [0.2, 0.25) is 0 Å². The molecule has 0 saturated heterocycles. The van der Waals surface area contributed by atoms with Crippen LogP contribution < -0.4 is 0 Å². The topological polar surface area (TPSA) is 66.8 Å². The van der Waals surface area contributed by atoms with E-state index in [9.17, 15) is 14.7 Å². The van der Waals surface area contributed by atoms with E-state index in [1.165, 1.54) is 4.90 Å². The summed E-state index contributed by atoms with van der Waals surface area (Å²) in [6.07, 6.45) is -0.592. The second kappa shape index (κ2) is 5.55. The number of aryl methyl sites for hydroxylation is 1. The molecule has 1 atom stereocenters. The molecule has 0 aliphatic carbocycles. The molecule has 23 heavy (non-hydrogen) atoms. The summed E-state index contributed by atoms with van der Waals surface area (Å²) >= 11 is 0. The summed E-state index contributed by atoms with van der Waals surface area (Å²) in [4.78, 5) is 25.8. The summed E-state index contributed by atoms with van der Waals surface area (Å²) in [6.45, 7) is 11.6. The summed E-state index contributed by atoms with van der Waals surface area (Å²) in [5.74, 6) is -1.04.